The zero-order valence-corrected chi connectivity index (χ0v) is 11.5. The van der Waals surface area contributed by atoms with E-state index < -0.39 is 5.67 Å². The summed E-state index contributed by atoms with van der Waals surface area (Å²) in [6, 6.07) is 8.87. The van der Waals surface area contributed by atoms with Crippen molar-refractivity contribution in [2.24, 2.45) is 0 Å². The van der Waals surface area contributed by atoms with Gasteiger partial charge in [-0.05, 0) is 50.8 Å². The minimum absolute atomic E-state index is 0.510. The molecule has 0 bridgehead atoms. The fourth-order valence-corrected chi connectivity index (χ4v) is 2.75. The van der Waals surface area contributed by atoms with Gasteiger partial charge in [0.05, 0.1) is 0 Å². The average Bonchev–Trinajstić information content (AvgIpc) is 2.31. The molecule has 1 N–H and O–H groups in total. The van der Waals surface area contributed by atoms with Gasteiger partial charge in [0.2, 0.25) is 0 Å². The lowest BCUT2D eigenvalue weighted by atomic mass is 9.90. The fraction of sp³-hybridized carbons (Fsp3) is 0.625. The predicted molar refractivity (Wildman–Crippen MR) is 74.7 cm³/mol. The highest BCUT2D eigenvalue weighted by Gasteiger charge is 2.20. The molecule has 0 saturated carbocycles. The van der Waals surface area contributed by atoms with E-state index in [1.54, 1.807) is 13.8 Å². The van der Waals surface area contributed by atoms with Crippen LogP contribution in [0.1, 0.15) is 44.2 Å². The first kappa shape index (κ1) is 13.5. The Kier molecular flexibility index (Phi) is 4.39. The molecule has 2 heteroatoms. The smallest absolute Gasteiger partial charge is 0.109 e. The van der Waals surface area contributed by atoms with E-state index in [1.165, 1.54) is 24.8 Å². The van der Waals surface area contributed by atoms with Crippen molar-refractivity contribution in [2.75, 3.05) is 6.54 Å². The molecule has 1 aromatic carbocycles. The van der Waals surface area contributed by atoms with Gasteiger partial charge in [-0.25, -0.2) is 4.39 Å². The molecule has 1 nitrogen and oxygen atoms in total. The van der Waals surface area contributed by atoms with Crippen molar-refractivity contribution in [3.63, 3.8) is 0 Å². The van der Waals surface area contributed by atoms with Crippen LogP contribution >= 0.6 is 0 Å². The molecule has 0 aromatic heterocycles. The zero-order valence-electron chi connectivity index (χ0n) is 11.5. The molecule has 100 valence electrons. The van der Waals surface area contributed by atoms with E-state index in [2.05, 4.69) is 23.5 Å². The Morgan fingerprint density at radius 3 is 2.56 bits per heavy atom. The van der Waals surface area contributed by atoms with Crippen molar-refractivity contribution in [2.45, 2.75) is 57.7 Å². The topological polar surface area (TPSA) is 12.0 Å². The second kappa shape index (κ2) is 5.83. The van der Waals surface area contributed by atoms with Crippen molar-refractivity contribution in [1.29, 1.82) is 0 Å². The van der Waals surface area contributed by atoms with Crippen LogP contribution in [0.4, 0.5) is 4.39 Å². The number of benzene rings is 1. The Morgan fingerprint density at radius 1 is 1.22 bits per heavy atom. The Morgan fingerprint density at radius 2 is 1.94 bits per heavy atom. The first-order valence-electron chi connectivity index (χ1n) is 7.04. The van der Waals surface area contributed by atoms with E-state index in [4.69, 9.17) is 0 Å². The van der Waals surface area contributed by atoms with Gasteiger partial charge in [-0.15, -0.1) is 0 Å². The highest BCUT2D eigenvalue weighted by molar-refractivity contribution is 5.29. The molecule has 1 unspecified atom stereocenters. The third-order valence-corrected chi connectivity index (χ3v) is 3.61. The van der Waals surface area contributed by atoms with Crippen LogP contribution in [0.15, 0.2) is 24.3 Å². The molecule has 1 atom stereocenters. The van der Waals surface area contributed by atoms with Crippen molar-refractivity contribution in [1.82, 2.24) is 5.32 Å². The van der Waals surface area contributed by atoms with E-state index in [0.717, 1.165) is 18.5 Å². The Labute approximate surface area is 110 Å². The van der Waals surface area contributed by atoms with Gasteiger partial charge in [0.15, 0.2) is 0 Å². The van der Waals surface area contributed by atoms with Crippen molar-refractivity contribution >= 4 is 0 Å². The number of hydrogen-bond acceptors (Lipinski definition) is 1. The summed E-state index contributed by atoms with van der Waals surface area (Å²) in [5, 5.41) is 3.56. The normalized spacial score (nSPS) is 20.9. The molecule has 18 heavy (non-hydrogen) atoms. The van der Waals surface area contributed by atoms with Gasteiger partial charge in [0, 0.05) is 12.5 Å². The molecular weight excluding hydrogens is 225 g/mol. The van der Waals surface area contributed by atoms with Crippen molar-refractivity contribution < 1.29 is 4.39 Å². The summed E-state index contributed by atoms with van der Waals surface area (Å²) in [6.07, 6.45) is 5.39. The van der Waals surface area contributed by atoms with Gasteiger partial charge in [-0.2, -0.15) is 0 Å². The molecule has 0 spiro atoms. The summed E-state index contributed by atoms with van der Waals surface area (Å²) >= 11 is 0. The molecule has 1 heterocycles. The van der Waals surface area contributed by atoms with E-state index in [1.807, 2.05) is 6.07 Å². The highest BCUT2D eigenvalue weighted by atomic mass is 19.1. The maximum Gasteiger partial charge on any atom is 0.109 e. The summed E-state index contributed by atoms with van der Waals surface area (Å²) < 4.78 is 13.8. The lowest BCUT2D eigenvalue weighted by molar-refractivity contribution is 0.216. The van der Waals surface area contributed by atoms with Crippen molar-refractivity contribution in [3.05, 3.63) is 35.4 Å². The Balaban J connectivity index is 2.06. The van der Waals surface area contributed by atoms with Crippen LogP contribution < -0.4 is 5.32 Å². The third-order valence-electron chi connectivity index (χ3n) is 3.61. The van der Waals surface area contributed by atoms with Gasteiger partial charge in [-0.3, -0.25) is 0 Å². The molecule has 0 amide bonds. The molecule has 2 rings (SSSR count). The lowest BCUT2D eigenvalue weighted by Gasteiger charge is -2.25. The van der Waals surface area contributed by atoms with E-state index >= 15 is 0 Å². The van der Waals surface area contributed by atoms with E-state index in [0.29, 0.717) is 12.5 Å². The average molecular weight is 249 g/mol. The maximum absolute atomic E-state index is 13.8. The third kappa shape index (κ3) is 4.09. The number of nitrogens with one attached hydrogen (secondary N) is 1. The molecule has 1 aliphatic rings. The molecule has 1 aromatic rings. The van der Waals surface area contributed by atoms with Crippen molar-refractivity contribution in [3.8, 4) is 0 Å². The summed E-state index contributed by atoms with van der Waals surface area (Å²) in [5.41, 5.74) is 1.34. The minimum Gasteiger partial charge on any atom is -0.314 e. The maximum atomic E-state index is 13.8. The van der Waals surface area contributed by atoms with E-state index in [-0.39, 0.29) is 0 Å². The number of alkyl halides is 1. The second-order valence-electron chi connectivity index (χ2n) is 6.02. The van der Waals surface area contributed by atoms with Crippen LogP contribution in [-0.4, -0.2) is 18.3 Å². The SMILES string of the molecule is CC(C)(F)Cc1ccccc1CC1CCCCN1. The van der Waals surface area contributed by atoms with E-state index in [9.17, 15) is 4.39 Å². The van der Waals surface area contributed by atoms with Gasteiger partial charge < -0.3 is 5.32 Å². The standard InChI is InChI=1S/C16H24FN/c1-16(2,17)12-14-8-4-3-7-13(14)11-15-9-5-6-10-18-15/h3-4,7-8,15,18H,5-6,9-12H2,1-2H3. The summed E-state index contributed by atoms with van der Waals surface area (Å²) in [5.74, 6) is 0. The number of halogens is 1. The first-order chi connectivity index (χ1) is 8.54. The number of hydrogen-bond donors (Lipinski definition) is 1. The molecule has 1 fully saturated rings. The predicted octanol–water partition coefficient (Wildman–Crippen LogP) is 3.66. The molecule has 0 radical (unpaired) electrons. The largest absolute Gasteiger partial charge is 0.314 e. The lowest BCUT2D eigenvalue weighted by Crippen LogP contribution is -2.36. The van der Waals surface area contributed by atoms with Crippen LogP contribution in [0.25, 0.3) is 0 Å². The fourth-order valence-electron chi connectivity index (χ4n) is 2.75. The summed E-state index contributed by atoms with van der Waals surface area (Å²) in [7, 11) is 0. The quantitative estimate of drug-likeness (QED) is 0.858. The minimum atomic E-state index is -1.13. The highest BCUT2D eigenvalue weighted by Crippen LogP contribution is 2.22. The summed E-state index contributed by atoms with van der Waals surface area (Å²) in [4.78, 5) is 0. The zero-order chi connectivity index (χ0) is 13.0. The van der Waals surface area contributed by atoms with Gasteiger partial charge in [0.25, 0.3) is 0 Å². The molecule has 1 aliphatic heterocycles. The van der Waals surface area contributed by atoms with Crippen LogP contribution in [-0.2, 0) is 12.8 Å². The number of rotatable bonds is 4. The monoisotopic (exact) mass is 249 g/mol. The molecule has 0 aliphatic carbocycles. The van der Waals surface area contributed by atoms with Crippen LogP contribution in [0, 0.1) is 0 Å². The summed E-state index contributed by atoms with van der Waals surface area (Å²) in [6.45, 7) is 4.44. The number of piperidine rings is 1. The Bertz CT molecular complexity index is 375. The van der Waals surface area contributed by atoms with Crippen LogP contribution in [0.5, 0.6) is 0 Å². The molecule has 1 saturated heterocycles. The van der Waals surface area contributed by atoms with Crippen LogP contribution in [0.3, 0.4) is 0 Å². The van der Waals surface area contributed by atoms with Crippen LogP contribution in [0.2, 0.25) is 0 Å². The first-order valence-corrected chi connectivity index (χ1v) is 7.04. The van der Waals surface area contributed by atoms with Gasteiger partial charge in [0.1, 0.15) is 5.67 Å². The van der Waals surface area contributed by atoms with Gasteiger partial charge >= 0.3 is 0 Å². The van der Waals surface area contributed by atoms with Gasteiger partial charge in [-0.1, -0.05) is 30.7 Å². The Hall–Kier alpha value is -0.890. The molecular formula is C16H24FN. The second-order valence-corrected chi connectivity index (χ2v) is 6.02.